The van der Waals surface area contributed by atoms with E-state index in [1.807, 2.05) is 12.1 Å². The van der Waals surface area contributed by atoms with Gasteiger partial charge in [0.2, 0.25) is 5.88 Å². The summed E-state index contributed by atoms with van der Waals surface area (Å²) < 4.78 is 6.42. The predicted molar refractivity (Wildman–Crippen MR) is 66.3 cm³/mol. The molecule has 2 aromatic rings. The van der Waals surface area contributed by atoms with E-state index in [2.05, 4.69) is 5.10 Å². The van der Waals surface area contributed by atoms with Gasteiger partial charge in [-0.2, -0.15) is 0 Å². The van der Waals surface area contributed by atoms with Crippen LogP contribution in [0.1, 0.15) is 15.9 Å². The van der Waals surface area contributed by atoms with Crippen LogP contribution in [0.4, 0.5) is 0 Å². The van der Waals surface area contributed by atoms with E-state index in [4.69, 9.17) is 21.4 Å². The Morgan fingerprint density at radius 3 is 2.89 bits per heavy atom. The number of halogens is 1. The van der Waals surface area contributed by atoms with E-state index >= 15 is 0 Å². The van der Waals surface area contributed by atoms with Gasteiger partial charge < -0.3 is 9.84 Å². The Morgan fingerprint density at radius 1 is 1.56 bits per heavy atom. The largest absolute Gasteiger partial charge is 0.479 e. The summed E-state index contributed by atoms with van der Waals surface area (Å²) in [5, 5.41) is 13.6. The number of hydrogen-bond acceptors (Lipinski definition) is 3. The number of nitrogens with zero attached hydrogens (tertiary/aromatic N) is 2. The summed E-state index contributed by atoms with van der Waals surface area (Å²) >= 11 is 5.88. The van der Waals surface area contributed by atoms with Crippen molar-refractivity contribution in [3.63, 3.8) is 0 Å². The van der Waals surface area contributed by atoms with Crippen LogP contribution in [0.2, 0.25) is 5.02 Å². The normalized spacial score (nSPS) is 10.3. The van der Waals surface area contributed by atoms with Crippen LogP contribution in [0.25, 0.3) is 0 Å². The standard InChI is InChI=1S/C12H11ClN2O3/c1-18-11-10(12(16)17)7-15(14-11)6-8-3-2-4-9(13)5-8/h2-5,7H,6H2,1H3,(H,16,17). The maximum atomic E-state index is 10.9. The molecule has 1 heterocycles. The zero-order valence-electron chi connectivity index (χ0n) is 9.63. The van der Waals surface area contributed by atoms with Crippen LogP contribution in [0.15, 0.2) is 30.5 Å². The van der Waals surface area contributed by atoms with Gasteiger partial charge in [0, 0.05) is 11.2 Å². The number of methoxy groups -OCH3 is 1. The van der Waals surface area contributed by atoms with Gasteiger partial charge in [0.15, 0.2) is 0 Å². The number of hydrogen-bond donors (Lipinski definition) is 1. The molecule has 1 aromatic carbocycles. The van der Waals surface area contributed by atoms with E-state index in [1.54, 1.807) is 12.1 Å². The second kappa shape index (κ2) is 5.10. The van der Waals surface area contributed by atoms with E-state index in [9.17, 15) is 4.79 Å². The molecule has 0 saturated carbocycles. The summed E-state index contributed by atoms with van der Waals surface area (Å²) in [4.78, 5) is 10.9. The SMILES string of the molecule is COc1nn(Cc2cccc(Cl)c2)cc1C(=O)O. The Labute approximate surface area is 109 Å². The molecule has 0 aliphatic heterocycles. The Morgan fingerprint density at radius 2 is 2.33 bits per heavy atom. The fourth-order valence-corrected chi connectivity index (χ4v) is 1.82. The van der Waals surface area contributed by atoms with Crippen molar-refractivity contribution >= 4 is 17.6 Å². The van der Waals surface area contributed by atoms with Crippen molar-refractivity contribution in [1.29, 1.82) is 0 Å². The van der Waals surface area contributed by atoms with E-state index in [1.165, 1.54) is 18.0 Å². The van der Waals surface area contributed by atoms with Crippen molar-refractivity contribution in [2.45, 2.75) is 6.54 Å². The topological polar surface area (TPSA) is 64.4 Å². The first-order chi connectivity index (χ1) is 8.60. The smallest absolute Gasteiger partial charge is 0.342 e. The molecule has 0 aliphatic carbocycles. The van der Waals surface area contributed by atoms with Crippen molar-refractivity contribution in [2.75, 3.05) is 7.11 Å². The van der Waals surface area contributed by atoms with Gasteiger partial charge in [-0.25, -0.2) is 4.79 Å². The minimum Gasteiger partial charge on any atom is -0.479 e. The fourth-order valence-electron chi connectivity index (χ4n) is 1.60. The molecule has 6 heteroatoms. The van der Waals surface area contributed by atoms with Gasteiger partial charge in [0.1, 0.15) is 5.56 Å². The van der Waals surface area contributed by atoms with Gasteiger partial charge in [0.25, 0.3) is 0 Å². The molecule has 18 heavy (non-hydrogen) atoms. The Hall–Kier alpha value is -2.01. The number of benzene rings is 1. The van der Waals surface area contributed by atoms with Gasteiger partial charge >= 0.3 is 5.97 Å². The Bertz CT molecular complexity index is 580. The Kier molecular flexibility index (Phi) is 3.53. The van der Waals surface area contributed by atoms with Crippen LogP contribution in [0, 0.1) is 0 Å². The third-order valence-electron chi connectivity index (χ3n) is 2.39. The molecule has 2 rings (SSSR count). The summed E-state index contributed by atoms with van der Waals surface area (Å²) in [6, 6.07) is 7.30. The molecule has 94 valence electrons. The molecule has 1 N–H and O–H groups in total. The van der Waals surface area contributed by atoms with E-state index in [-0.39, 0.29) is 11.4 Å². The second-order valence-electron chi connectivity index (χ2n) is 3.68. The van der Waals surface area contributed by atoms with Gasteiger partial charge in [-0.05, 0) is 17.7 Å². The third-order valence-corrected chi connectivity index (χ3v) is 2.62. The average Bonchev–Trinajstić information content (AvgIpc) is 2.72. The average molecular weight is 267 g/mol. The lowest BCUT2D eigenvalue weighted by molar-refractivity contribution is 0.0693. The number of aromatic carboxylic acids is 1. The van der Waals surface area contributed by atoms with Crippen molar-refractivity contribution in [3.05, 3.63) is 46.6 Å². The minimum absolute atomic E-state index is 0.0412. The maximum Gasteiger partial charge on any atom is 0.342 e. The van der Waals surface area contributed by atoms with E-state index in [0.717, 1.165) is 5.56 Å². The first-order valence-electron chi connectivity index (χ1n) is 5.19. The zero-order chi connectivity index (χ0) is 13.1. The minimum atomic E-state index is -1.07. The maximum absolute atomic E-state index is 10.9. The monoisotopic (exact) mass is 266 g/mol. The lowest BCUT2D eigenvalue weighted by Crippen LogP contribution is -2.00. The lowest BCUT2D eigenvalue weighted by atomic mass is 10.2. The van der Waals surface area contributed by atoms with Crippen LogP contribution < -0.4 is 4.74 Å². The molecule has 0 amide bonds. The summed E-state index contributed by atoms with van der Waals surface area (Å²) in [6.07, 6.45) is 1.43. The molecular formula is C12H11ClN2O3. The number of carboxylic acid groups (broad SMARTS) is 1. The lowest BCUT2D eigenvalue weighted by Gasteiger charge is -2.01. The first kappa shape index (κ1) is 12.4. The van der Waals surface area contributed by atoms with Crippen LogP contribution in [-0.2, 0) is 6.54 Å². The van der Waals surface area contributed by atoms with Gasteiger partial charge in [0.05, 0.1) is 13.7 Å². The highest BCUT2D eigenvalue weighted by atomic mass is 35.5. The Balaban J connectivity index is 2.27. The van der Waals surface area contributed by atoms with Crippen molar-refractivity contribution in [2.24, 2.45) is 0 Å². The van der Waals surface area contributed by atoms with Crippen LogP contribution in [0.5, 0.6) is 5.88 Å². The predicted octanol–water partition coefficient (Wildman–Crippen LogP) is 2.29. The first-order valence-corrected chi connectivity index (χ1v) is 5.57. The number of carboxylic acids is 1. The molecule has 0 spiro atoms. The van der Waals surface area contributed by atoms with Gasteiger partial charge in [-0.15, -0.1) is 5.10 Å². The molecular weight excluding hydrogens is 256 g/mol. The number of ether oxygens (including phenoxy) is 1. The van der Waals surface area contributed by atoms with Gasteiger partial charge in [-0.3, -0.25) is 4.68 Å². The highest BCUT2D eigenvalue weighted by molar-refractivity contribution is 6.30. The molecule has 0 fully saturated rings. The van der Waals surface area contributed by atoms with Gasteiger partial charge in [-0.1, -0.05) is 23.7 Å². The summed E-state index contributed by atoms with van der Waals surface area (Å²) in [6.45, 7) is 0.435. The molecule has 0 bridgehead atoms. The number of rotatable bonds is 4. The fraction of sp³-hybridized carbons (Fsp3) is 0.167. The quantitative estimate of drug-likeness (QED) is 0.922. The second-order valence-corrected chi connectivity index (χ2v) is 4.12. The molecule has 0 radical (unpaired) electrons. The molecule has 0 unspecified atom stereocenters. The zero-order valence-corrected chi connectivity index (χ0v) is 10.4. The van der Waals surface area contributed by atoms with Crippen molar-refractivity contribution in [1.82, 2.24) is 9.78 Å². The molecule has 0 atom stereocenters. The van der Waals surface area contributed by atoms with Crippen LogP contribution in [0.3, 0.4) is 0 Å². The van der Waals surface area contributed by atoms with E-state index < -0.39 is 5.97 Å². The van der Waals surface area contributed by atoms with Crippen molar-refractivity contribution in [3.8, 4) is 5.88 Å². The summed E-state index contributed by atoms with van der Waals surface area (Å²) in [5.74, 6) is -0.964. The van der Waals surface area contributed by atoms with Crippen LogP contribution in [-0.4, -0.2) is 28.0 Å². The number of carbonyl (C=O) groups is 1. The molecule has 1 aromatic heterocycles. The molecule has 0 aliphatic rings. The highest BCUT2D eigenvalue weighted by Crippen LogP contribution is 2.17. The summed E-state index contributed by atoms with van der Waals surface area (Å²) in [5.41, 5.74) is 0.976. The molecule has 5 nitrogen and oxygen atoms in total. The number of aromatic nitrogens is 2. The highest BCUT2D eigenvalue weighted by Gasteiger charge is 2.15. The van der Waals surface area contributed by atoms with Crippen LogP contribution >= 0.6 is 11.6 Å². The van der Waals surface area contributed by atoms with Crippen molar-refractivity contribution < 1.29 is 14.6 Å². The molecule has 0 saturated heterocycles. The third kappa shape index (κ3) is 2.62. The summed E-state index contributed by atoms with van der Waals surface area (Å²) in [7, 11) is 1.39. The van der Waals surface area contributed by atoms with E-state index in [0.29, 0.717) is 11.6 Å².